The van der Waals surface area contributed by atoms with Crippen LogP contribution in [0.5, 0.6) is 0 Å². The molecule has 0 saturated heterocycles. The molecular weight excluding hydrogens is 418 g/mol. The number of carbonyl (C=O) groups is 1. The number of primary amides is 1. The maximum atomic E-state index is 12.8. The molecule has 0 aliphatic heterocycles. The van der Waals surface area contributed by atoms with Crippen molar-refractivity contribution in [2.24, 2.45) is 5.73 Å². The summed E-state index contributed by atoms with van der Waals surface area (Å²) in [4.78, 5) is 27.7. The van der Waals surface area contributed by atoms with Crippen molar-refractivity contribution in [1.82, 2.24) is 19.2 Å². The number of fused-ring (bicyclic) bond motifs is 2. The van der Waals surface area contributed by atoms with Crippen LogP contribution in [0.15, 0.2) is 77.9 Å². The highest BCUT2D eigenvalue weighted by Gasteiger charge is 2.15. The van der Waals surface area contributed by atoms with Crippen molar-refractivity contribution in [3.8, 4) is 5.69 Å². The average Bonchev–Trinajstić information content (AvgIpc) is 3.15. The number of aryl methyl sites for hydroxylation is 1. The largest absolute Gasteiger partial charge is 0.398 e. The lowest BCUT2D eigenvalue weighted by atomic mass is 10.1. The number of hydrogen-bond acceptors (Lipinski definition) is 6. The fraction of sp³-hybridized carbons (Fsp3) is 0.0833. The van der Waals surface area contributed by atoms with E-state index in [0.29, 0.717) is 16.7 Å². The van der Waals surface area contributed by atoms with Gasteiger partial charge in [0.15, 0.2) is 11.5 Å². The van der Waals surface area contributed by atoms with Crippen LogP contribution < -0.4 is 22.8 Å². The summed E-state index contributed by atoms with van der Waals surface area (Å²) in [6, 6.07) is 19.0. The Balaban J connectivity index is 0.000000172. The first kappa shape index (κ1) is 21.6. The summed E-state index contributed by atoms with van der Waals surface area (Å²) in [5, 5.41) is 5.36. The molecule has 5 aromatic rings. The van der Waals surface area contributed by atoms with Crippen LogP contribution in [0.1, 0.15) is 23.0 Å². The van der Waals surface area contributed by atoms with Gasteiger partial charge in [-0.1, -0.05) is 37.3 Å². The van der Waals surface area contributed by atoms with Crippen LogP contribution in [0.2, 0.25) is 0 Å². The van der Waals surface area contributed by atoms with E-state index in [1.54, 1.807) is 29.1 Å². The molecule has 0 saturated carbocycles. The van der Waals surface area contributed by atoms with Crippen molar-refractivity contribution in [2.45, 2.75) is 13.3 Å². The zero-order valence-corrected chi connectivity index (χ0v) is 18.0. The molecule has 0 aliphatic rings. The third-order valence-electron chi connectivity index (χ3n) is 5.20. The van der Waals surface area contributed by atoms with Gasteiger partial charge in [-0.05, 0) is 42.1 Å². The SMILES string of the molecule is CCc1cc2cccc(N)c2c(=O)n1-c1ccccc1.NC(=O)c1c(N)nn2cccnc12. The van der Waals surface area contributed by atoms with Crippen molar-refractivity contribution in [2.75, 3.05) is 11.5 Å². The minimum atomic E-state index is -0.619. The van der Waals surface area contributed by atoms with Gasteiger partial charge < -0.3 is 17.2 Å². The first-order chi connectivity index (χ1) is 15.9. The van der Waals surface area contributed by atoms with Gasteiger partial charge in [-0.15, -0.1) is 5.10 Å². The van der Waals surface area contributed by atoms with E-state index in [2.05, 4.69) is 10.1 Å². The van der Waals surface area contributed by atoms with Gasteiger partial charge in [-0.3, -0.25) is 14.2 Å². The number of para-hydroxylation sites is 1. The van der Waals surface area contributed by atoms with E-state index in [1.165, 1.54) is 4.52 Å². The Labute approximate surface area is 189 Å². The number of rotatable bonds is 3. The predicted molar refractivity (Wildman–Crippen MR) is 129 cm³/mol. The first-order valence-corrected chi connectivity index (χ1v) is 10.3. The molecule has 0 bridgehead atoms. The molecule has 5 rings (SSSR count). The van der Waals surface area contributed by atoms with Crippen LogP contribution in [-0.4, -0.2) is 25.1 Å². The Morgan fingerprint density at radius 3 is 2.48 bits per heavy atom. The molecule has 0 fully saturated rings. The Morgan fingerprint density at radius 1 is 1.03 bits per heavy atom. The molecule has 1 amide bonds. The number of nitrogens with two attached hydrogens (primary N) is 3. The predicted octanol–water partition coefficient (Wildman–Crippen LogP) is 2.55. The minimum absolute atomic E-state index is 0.0522. The van der Waals surface area contributed by atoms with Crippen LogP contribution in [0.4, 0.5) is 11.5 Å². The maximum Gasteiger partial charge on any atom is 0.265 e. The number of amides is 1. The smallest absolute Gasteiger partial charge is 0.265 e. The summed E-state index contributed by atoms with van der Waals surface area (Å²) in [7, 11) is 0. The lowest BCUT2D eigenvalue weighted by Crippen LogP contribution is -2.22. The zero-order chi connectivity index (χ0) is 23.5. The van der Waals surface area contributed by atoms with Crippen molar-refractivity contribution in [3.05, 3.63) is 94.7 Å². The van der Waals surface area contributed by atoms with E-state index >= 15 is 0 Å². The summed E-state index contributed by atoms with van der Waals surface area (Å²) < 4.78 is 3.16. The highest BCUT2D eigenvalue weighted by atomic mass is 16.1. The van der Waals surface area contributed by atoms with Gasteiger partial charge >= 0.3 is 0 Å². The molecule has 33 heavy (non-hydrogen) atoms. The molecule has 3 heterocycles. The highest BCUT2D eigenvalue weighted by molar-refractivity contribution is 6.03. The second-order valence-electron chi connectivity index (χ2n) is 7.29. The summed E-state index contributed by atoms with van der Waals surface area (Å²) in [5.41, 5.74) is 19.5. The number of benzene rings is 2. The van der Waals surface area contributed by atoms with E-state index in [4.69, 9.17) is 17.2 Å². The molecule has 3 aromatic heterocycles. The Kier molecular flexibility index (Phi) is 5.77. The molecular formula is C24H23N7O2. The zero-order valence-electron chi connectivity index (χ0n) is 18.0. The van der Waals surface area contributed by atoms with Crippen molar-refractivity contribution in [1.29, 1.82) is 0 Å². The number of hydrogen-bond donors (Lipinski definition) is 3. The lowest BCUT2D eigenvalue weighted by molar-refractivity contribution is 0.100. The topological polar surface area (TPSA) is 147 Å². The average molecular weight is 441 g/mol. The number of nitrogens with zero attached hydrogens (tertiary/aromatic N) is 4. The van der Waals surface area contributed by atoms with E-state index < -0.39 is 5.91 Å². The molecule has 9 heteroatoms. The summed E-state index contributed by atoms with van der Waals surface area (Å²) in [5.74, 6) is -0.516. The molecule has 9 nitrogen and oxygen atoms in total. The van der Waals surface area contributed by atoms with Gasteiger partial charge in [0.2, 0.25) is 0 Å². The van der Waals surface area contributed by atoms with Crippen molar-refractivity contribution >= 4 is 33.8 Å². The fourth-order valence-electron chi connectivity index (χ4n) is 3.70. The normalized spacial score (nSPS) is 10.7. The number of nitrogen functional groups attached to an aromatic ring is 2. The summed E-state index contributed by atoms with van der Waals surface area (Å²) in [6.07, 6.45) is 3.98. The van der Waals surface area contributed by atoms with Crippen LogP contribution in [0, 0.1) is 0 Å². The maximum absolute atomic E-state index is 12.8. The number of anilines is 2. The Morgan fingerprint density at radius 2 is 1.79 bits per heavy atom. The number of pyridine rings is 1. The van der Waals surface area contributed by atoms with Crippen molar-refractivity contribution < 1.29 is 4.79 Å². The first-order valence-electron chi connectivity index (χ1n) is 10.3. The molecule has 166 valence electrons. The highest BCUT2D eigenvalue weighted by Crippen LogP contribution is 2.21. The second kappa shape index (κ2) is 8.83. The standard InChI is InChI=1S/C17H16N2O.C7H7N5O/c1-2-13-11-12-7-6-10-15(18)16(12)17(20)19(13)14-8-4-3-5-9-14;8-5-4(6(9)13)7-10-2-1-3-12(7)11-5/h3-11H,2,18H2,1H3;1-3H,(H2,8,11)(H2,9,13). The minimum Gasteiger partial charge on any atom is -0.398 e. The molecule has 0 spiro atoms. The Bertz CT molecular complexity index is 1520. The van der Waals surface area contributed by atoms with Gasteiger partial charge in [0.1, 0.15) is 5.56 Å². The summed E-state index contributed by atoms with van der Waals surface area (Å²) >= 11 is 0. The fourth-order valence-corrected chi connectivity index (χ4v) is 3.70. The molecule has 6 N–H and O–H groups in total. The van der Waals surface area contributed by atoms with Gasteiger partial charge in [0.25, 0.3) is 11.5 Å². The molecule has 2 aromatic carbocycles. The van der Waals surface area contributed by atoms with E-state index in [-0.39, 0.29) is 16.9 Å². The van der Waals surface area contributed by atoms with Gasteiger partial charge in [0.05, 0.1) is 5.39 Å². The van der Waals surface area contributed by atoms with Crippen molar-refractivity contribution in [3.63, 3.8) is 0 Å². The number of carbonyl (C=O) groups excluding carboxylic acids is 1. The van der Waals surface area contributed by atoms with Crippen LogP contribution in [0.3, 0.4) is 0 Å². The van der Waals surface area contributed by atoms with Gasteiger partial charge in [0, 0.05) is 29.5 Å². The van der Waals surface area contributed by atoms with E-state index in [1.807, 2.05) is 55.5 Å². The van der Waals surface area contributed by atoms with Crippen LogP contribution in [0.25, 0.3) is 22.1 Å². The molecule has 0 atom stereocenters. The monoisotopic (exact) mass is 441 g/mol. The lowest BCUT2D eigenvalue weighted by Gasteiger charge is -2.14. The van der Waals surface area contributed by atoms with Crippen LogP contribution in [-0.2, 0) is 6.42 Å². The number of aromatic nitrogens is 4. The molecule has 0 aliphatic carbocycles. The molecule has 0 radical (unpaired) electrons. The van der Waals surface area contributed by atoms with Crippen LogP contribution >= 0.6 is 0 Å². The van der Waals surface area contributed by atoms with E-state index in [0.717, 1.165) is 23.2 Å². The van der Waals surface area contributed by atoms with Gasteiger partial charge in [-0.25, -0.2) is 9.50 Å². The van der Waals surface area contributed by atoms with Gasteiger partial charge in [-0.2, -0.15) is 0 Å². The Hall–Kier alpha value is -4.66. The quantitative estimate of drug-likeness (QED) is 0.367. The van der Waals surface area contributed by atoms with E-state index in [9.17, 15) is 9.59 Å². The molecule has 0 unspecified atom stereocenters. The third-order valence-corrected chi connectivity index (χ3v) is 5.20. The second-order valence-corrected chi connectivity index (χ2v) is 7.29. The summed E-state index contributed by atoms with van der Waals surface area (Å²) in [6.45, 7) is 2.05. The third kappa shape index (κ3) is 3.99.